The normalized spacial score (nSPS) is 20.7. The molecule has 3 fully saturated rings. The lowest BCUT2D eigenvalue weighted by molar-refractivity contribution is -0.122. The molecular weight excluding hydrogens is 402 g/mol. The van der Waals surface area contributed by atoms with E-state index in [4.69, 9.17) is 4.99 Å². The lowest BCUT2D eigenvalue weighted by Gasteiger charge is -2.36. The van der Waals surface area contributed by atoms with Gasteiger partial charge in [-0.3, -0.25) is 9.69 Å². The fraction of sp³-hybridized carbons (Fsp3) is 0.708. The number of guanidine groups is 1. The highest BCUT2D eigenvalue weighted by Gasteiger charge is 2.26. The summed E-state index contributed by atoms with van der Waals surface area (Å²) in [5, 5.41) is 6.54. The van der Waals surface area contributed by atoms with Gasteiger partial charge in [0.05, 0.1) is 13.1 Å². The molecule has 0 bridgehead atoms. The second-order valence-electron chi connectivity index (χ2n) is 9.20. The predicted octanol–water partition coefficient (Wildman–Crippen LogP) is 1.82. The van der Waals surface area contributed by atoms with E-state index in [1.165, 1.54) is 31.2 Å². The third-order valence-electron chi connectivity index (χ3n) is 6.47. The minimum absolute atomic E-state index is 0.166. The van der Waals surface area contributed by atoms with Crippen molar-refractivity contribution in [2.45, 2.75) is 58.0 Å². The van der Waals surface area contributed by atoms with Gasteiger partial charge in [-0.25, -0.2) is 9.98 Å². The van der Waals surface area contributed by atoms with Gasteiger partial charge in [0.15, 0.2) is 5.96 Å². The maximum absolute atomic E-state index is 12.1. The van der Waals surface area contributed by atoms with E-state index in [0.717, 1.165) is 70.4 Å². The van der Waals surface area contributed by atoms with Crippen molar-refractivity contribution in [1.82, 2.24) is 25.4 Å². The Balaban J connectivity index is 1.31. The Morgan fingerprint density at radius 1 is 1.09 bits per heavy atom. The Labute approximate surface area is 192 Å². The molecule has 0 atom stereocenters. The van der Waals surface area contributed by atoms with Crippen LogP contribution < -0.4 is 15.5 Å². The van der Waals surface area contributed by atoms with Crippen molar-refractivity contribution in [2.24, 2.45) is 4.99 Å². The molecule has 1 saturated carbocycles. The molecule has 8 heteroatoms. The summed E-state index contributed by atoms with van der Waals surface area (Å²) in [5.41, 5.74) is 1.20. The summed E-state index contributed by atoms with van der Waals surface area (Å²) in [5.74, 6) is 2.21. The number of rotatable bonds is 7. The van der Waals surface area contributed by atoms with E-state index in [1.807, 2.05) is 6.20 Å². The molecule has 2 saturated heterocycles. The number of aliphatic imine (C=N–C) groups is 1. The van der Waals surface area contributed by atoms with E-state index in [-0.39, 0.29) is 5.91 Å². The van der Waals surface area contributed by atoms with Crippen molar-refractivity contribution in [2.75, 3.05) is 57.3 Å². The molecular formula is C24H39N7O. The Kier molecular flexibility index (Phi) is 8.20. The molecule has 8 nitrogen and oxygen atoms in total. The molecule has 4 rings (SSSR count). The maximum Gasteiger partial charge on any atom is 0.234 e. The monoisotopic (exact) mass is 441 g/mol. The van der Waals surface area contributed by atoms with E-state index < -0.39 is 0 Å². The summed E-state index contributed by atoms with van der Waals surface area (Å²) in [6.45, 7) is 9.86. The zero-order chi connectivity index (χ0) is 22.2. The SMILES string of the molecule is CCNC(=NCc1ccnc(N2CCCCCC2)c1)N1CCN(CC(=O)NC2CC2)CC1. The van der Waals surface area contributed by atoms with Crippen LogP contribution in [0.2, 0.25) is 0 Å². The van der Waals surface area contributed by atoms with Gasteiger partial charge in [0, 0.05) is 58.1 Å². The number of anilines is 1. The van der Waals surface area contributed by atoms with Crippen LogP contribution >= 0.6 is 0 Å². The summed E-state index contributed by atoms with van der Waals surface area (Å²) in [4.78, 5) is 28.6. The van der Waals surface area contributed by atoms with Crippen molar-refractivity contribution < 1.29 is 4.79 Å². The number of aromatic nitrogens is 1. The summed E-state index contributed by atoms with van der Waals surface area (Å²) < 4.78 is 0. The lowest BCUT2D eigenvalue weighted by atomic mass is 10.2. The second-order valence-corrected chi connectivity index (χ2v) is 9.20. The Morgan fingerprint density at radius 3 is 2.53 bits per heavy atom. The Morgan fingerprint density at radius 2 is 1.84 bits per heavy atom. The smallest absolute Gasteiger partial charge is 0.234 e. The van der Waals surface area contributed by atoms with Gasteiger partial charge >= 0.3 is 0 Å². The topological polar surface area (TPSA) is 76.1 Å². The van der Waals surface area contributed by atoms with Gasteiger partial charge in [0.25, 0.3) is 0 Å². The third-order valence-corrected chi connectivity index (χ3v) is 6.47. The molecule has 0 aromatic carbocycles. The average molecular weight is 442 g/mol. The summed E-state index contributed by atoms with van der Waals surface area (Å²) >= 11 is 0. The number of carbonyl (C=O) groups is 1. The van der Waals surface area contributed by atoms with Crippen molar-refractivity contribution in [3.63, 3.8) is 0 Å². The van der Waals surface area contributed by atoms with Crippen LogP contribution in [-0.4, -0.2) is 85.1 Å². The number of piperazine rings is 1. The molecule has 2 N–H and O–H groups in total. The third kappa shape index (κ3) is 6.82. The zero-order valence-electron chi connectivity index (χ0n) is 19.6. The summed E-state index contributed by atoms with van der Waals surface area (Å²) in [7, 11) is 0. The zero-order valence-corrected chi connectivity index (χ0v) is 19.6. The molecule has 0 radical (unpaired) electrons. The number of amides is 1. The number of hydrogen-bond donors (Lipinski definition) is 2. The molecule has 3 aliphatic rings. The summed E-state index contributed by atoms with van der Waals surface area (Å²) in [6.07, 6.45) is 9.35. The number of hydrogen-bond acceptors (Lipinski definition) is 5. The van der Waals surface area contributed by atoms with Gasteiger partial charge in [0.1, 0.15) is 5.82 Å². The van der Waals surface area contributed by atoms with Crippen molar-refractivity contribution >= 4 is 17.7 Å². The van der Waals surface area contributed by atoms with E-state index in [0.29, 0.717) is 19.1 Å². The molecule has 1 aromatic heterocycles. The number of nitrogens with one attached hydrogen (secondary N) is 2. The second kappa shape index (κ2) is 11.5. The van der Waals surface area contributed by atoms with E-state index in [1.54, 1.807) is 0 Å². The highest BCUT2D eigenvalue weighted by atomic mass is 16.2. The first-order valence-corrected chi connectivity index (χ1v) is 12.5. The van der Waals surface area contributed by atoms with Crippen molar-refractivity contribution in [1.29, 1.82) is 0 Å². The highest BCUT2D eigenvalue weighted by molar-refractivity contribution is 5.80. The van der Waals surface area contributed by atoms with Crippen LogP contribution in [0.15, 0.2) is 23.3 Å². The Hall–Kier alpha value is -2.35. The van der Waals surface area contributed by atoms with E-state index in [2.05, 4.69) is 49.4 Å². The lowest BCUT2D eigenvalue weighted by Crippen LogP contribution is -2.54. The molecule has 176 valence electrons. The number of pyridine rings is 1. The van der Waals surface area contributed by atoms with Crippen LogP contribution in [-0.2, 0) is 11.3 Å². The molecule has 1 aromatic rings. The van der Waals surface area contributed by atoms with Crippen molar-refractivity contribution in [3.8, 4) is 0 Å². The molecule has 1 amide bonds. The van der Waals surface area contributed by atoms with Gasteiger partial charge in [-0.1, -0.05) is 12.8 Å². The minimum atomic E-state index is 0.166. The van der Waals surface area contributed by atoms with Gasteiger partial charge in [-0.05, 0) is 50.3 Å². The van der Waals surface area contributed by atoms with Gasteiger partial charge in [-0.2, -0.15) is 0 Å². The van der Waals surface area contributed by atoms with Crippen LogP contribution in [0, 0.1) is 0 Å². The molecule has 2 aliphatic heterocycles. The molecule has 0 spiro atoms. The summed E-state index contributed by atoms with van der Waals surface area (Å²) in [6, 6.07) is 4.71. The van der Waals surface area contributed by atoms with Crippen LogP contribution in [0.5, 0.6) is 0 Å². The quantitative estimate of drug-likeness (QED) is 0.497. The number of carbonyl (C=O) groups excluding carboxylic acids is 1. The fourth-order valence-electron chi connectivity index (χ4n) is 4.45. The maximum atomic E-state index is 12.1. The predicted molar refractivity (Wildman–Crippen MR) is 129 cm³/mol. The highest BCUT2D eigenvalue weighted by Crippen LogP contribution is 2.19. The van der Waals surface area contributed by atoms with Crippen LogP contribution in [0.1, 0.15) is 51.0 Å². The largest absolute Gasteiger partial charge is 0.357 e. The van der Waals surface area contributed by atoms with Crippen LogP contribution in [0.25, 0.3) is 0 Å². The van der Waals surface area contributed by atoms with Gasteiger partial charge in [-0.15, -0.1) is 0 Å². The molecule has 3 heterocycles. The molecule has 1 aliphatic carbocycles. The first-order valence-electron chi connectivity index (χ1n) is 12.5. The van der Waals surface area contributed by atoms with Gasteiger partial charge in [0.2, 0.25) is 5.91 Å². The first kappa shape index (κ1) is 22.8. The number of nitrogens with zero attached hydrogens (tertiary/aromatic N) is 5. The first-order chi connectivity index (χ1) is 15.7. The van der Waals surface area contributed by atoms with Crippen LogP contribution in [0.3, 0.4) is 0 Å². The van der Waals surface area contributed by atoms with E-state index in [9.17, 15) is 4.79 Å². The fourth-order valence-corrected chi connectivity index (χ4v) is 4.45. The van der Waals surface area contributed by atoms with Crippen molar-refractivity contribution in [3.05, 3.63) is 23.9 Å². The molecule has 0 unspecified atom stereocenters. The minimum Gasteiger partial charge on any atom is -0.357 e. The van der Waals surface area contributed by atoms with E-state index >= 15 is 0 Å². The van der Waals surface area contributed by atoms with Gasteiger partial charge < -0.3 is 20.4 Å². The average Bonchev–Trinajstić information content (AvgIpc) is 3.64. The Bertz CT molecular complexity index is 763. The van der Waals surface area contributed by atoms with Crippen LogP contribution in [0.4, 0.5) is 5.82 Å². The molecule has 32 heavy (non-hydrogen) atoms. The standard InChI is InChI=1S/C24H39N7O/c1-2-25-24(31-15-13-29(14-16-31)19-23(32)28-21-7-8-21)27-18-20-9-10-26-22(17-20)30-11-5-3-4-6-12-30/h9-10,17,21H,2-8,11-16,18-19H2,1H3,(H,25,27)(H,28,32).